The lowest BCUT2D eigenvalue weighted by Crippen LogP contribution is -2.13. The van der Waals surface area contributed by atoms with Gasteiger partial charge < -0.3 is 9.47 Å². The van der Waals surface area contributed by atoms with Gasteiger partial charge in [0.1, 0.15) is 0 Å². The van der Waals surface area contributed by atoms with Crippen molar-refractivity contribution in [2.75, 3.05) is 13.2 Å². The highest BCUT2D eigenvalue weighted by atomic mass is 32.1. The Hall–Kier alpha value is -0.380. The van der Waals surface area contributed by atoms with Crippen molar-refractivity contribution in [1.29, 1.82) is 0 Å². The van der Waals surface area contributed by atoms with E-state index in [0.29, 0.717) is 12.2 Å². The predicted octanol–water partition coefficient (Wildman–Crippen LogP) is 9.92. The smallest absolute Gasteiger partial charge is 0.0572 e. The van der Waals surface area contributed by atoms with Gasteiger partial charge in [-0.3, -0.25) is 0 Å². The van der Waals surface area contributed by atoms with E-state index in [0.717, 1.165) is 51.7 Å². The summed E-state index contributed by atoms with van der Waals surface area (Å²) in [6, 6.07) is 0. The van der Waals surface area contributed by atoms with Gasteiger partial charge in [0, 0.05) is 13.2 Å². The fraction of sp³-hybridized carbons (Fsp3) is 0.867. The molecule has 194 valence electrons. The van der Waals surface area contributed by atoms with Crippen LogP contribution in [0.2, 0.25) is 0 Å². The minimum atomic E-state index is 0.462. The normalized spacial score (nSPS) is 13.5. The van der Waals surface area contributed by atoms with Gasteiger partial charge in [-0.25, -0.2) is 0 Å². The van der Waals surface area contributed by atoms with Crippen LogP contribution in [0.4, 0.5) is 0 Å². The average molecular weight is 481 g/mol. The SMILES string of the molecule is CCCCCCCC(CC)OCCCc1cscc1CCCOC(CC)CCCCCCC. The Morgan fingerprint density at radius 1 is 0.576 bits per heavy atom. The molecule has 0 saturated heterocycles. The van der Waals surface area contributed by atoms with E-state index in [2.05, 4.69) is 38.5 Å². The number of thiophene rings is 1. The third kappa shape index (κ3) is 16.0. The van der Waals surface area contributed by atoms with Gasteiger partial charge in [0.05, 0.1) is 12.2 Å². The molecule has 3 heteroatoms. The van der Waals surface area contributed by atoms with Gasteiger partial charge in [0.25, 0.3) is 0 Å². The second-order valence-corrected chi connectivity index (χ2v) is 10.6. The molecule has 33 heavy (non-hydrogen) atoms. The molecule has 2 nitrogen and oxygen atoms in total. The van der Waals surface area contributed by atoms with Crippen LogP contribution in [0.3, 0.4) is 0 Å². The number of rotatable bonds is 24. The van der Waals surface area contributed by atoms with Gasteiger partial charge >= 0.3 is 0 Å². The van der Waals surface area contributed by atoms with Crippen LogP contribution in [-0.4, -0.2) is 25.4 Å². The van der Waals surface area contributed by atoms with E-state index in [1.807, 2.05) is 11.3 Å². The molecule has 0 spiro atoms. The van der Waals surface area contributed by atoms with E-state index >= 15 is 0 Å². The summed E-state index contributed by atoms with van der Waals surface area (Å²) in [5.74, 6) is 0. The zero-order valence-electron chi connectivity index (χ0n) is 22.7. The highest BCUT2D eigenvalue weighted by molar-refractivity contribution is 7.08. The first-order valence-electron chi connectivity index (χ1n) is 14.5. The van der Waals surface area contributed by atoms with Crippen LogP contribution < -0.4 is 0 Å². The lowest BCUT2D eigenvalue weighted by atomic mass is 10.0. The molecule has 1 aromatic rings. The fourth-order valence-corrected chi connectivity index (χ4v) is 5.51. The molecule has 0 aliphatic rings. The van der Waals surface area contributed by atoms with Crippen molar-refractivity contribution in [3.63, 3.8) is 0 Å². The number of ether oxygens (including phenoxy) is 2. The van der Waals surface area contributed by atoms with Gasteiger partial charge in [-0.05, 0) is 73.3 Å². The molecule has 0 fully saturated rings. The summed E-state index contributed by atoms with van der Waals surface area (Å²) in [6.07, 6.45) is 23.9. The number of aryl methyl sites for hydroxylation is 2. The van der Waals surface area contributed by atoms with Crippen LogP contribution >= 0.6 is 11.3 Å². The summed E-state index contributed by atoms with van der Waals surface area (Å²) in [6.45, 7) is 10.9. The maximum absolute atomic E-state index is 6.21. The molecule has 1 rings (SSSR count). The number of unbranched alkanes of at least 4 members (excludes halogenated alkanes) is 8. The lowest BCUT2D eigenvalue weighted by molar-refractivity contribution is 0.0412. The monoisotopic (exact) mass is 480 g/mol. The van der Waals surface area contributed by atoms with Crippen LogP contribution in [0.5, 0.6) is 0 Å². The van der Waals surface area contributed by atoms with Crippen molar-refractivity contribution in [3.8, 4) is 0 Å². The summed E-state index contributed by atoms with van der Waals surface area (Å²) in [5, 5.41) is 4.71. The molecular weight excluding hydrogens is 424 g/mol. The highest BCUT2D eigenvalue weighted by Gasteiger charge is 2.09. The van der Waals surface area contributed by atoms with Crippen LogP contribution in [0.15, 0.2) is 10.8 Å². The number of hydrogen-bond acceptors (Lipinski definition) is 3. The second kappa shape index (κ2) is 22.1. The van der Waals surface area contributed by atoms with Gasteiger partial charge in [-0.15, -0.1) is 0 Å². The molecule has 0 aliphatic carbocycles. The first-order valence-corrected chi connectivity index (χ1v) is 15.5. The van der Waals surface area contributed by atoms with Gasteiger partial charge in [0.15, 0.2) is 0 Å². The molecule has 2 atom stereocenters. The second-order valence-electron chi connectivity index (χ2n) is 9.84. The molecule has 0 amide bonds. The first kappa shape index (κ1) is 30.7. The summed E-state index contributed by atoms with van der Waals surface area (Å²) in [7, 11) is 0. The van der Waals surface area contributed by atoms with Crippen molar-refractivity contribution < 1.29 is 9.47 Å². The Morgan fingerprint density at radius 2 is 1.00 bits per heavy atom. The first-order chi connectivity index (χ1) is 16.2. The Bertz CT molecular complexity index is 483. The van der Waals surface area contributed by atoms with Crippen molar-refractivity contribution in [2.45, 2.75) is 155 Å². The van der Waals surface area contributed by atoms with Gasteiger partial charge in [-0.1, -0.05) is 91.9 Å². The van der Waals surface area contributed by atoms with E-state index in [1.165, 1.54) is 77.0 Å². The molecule has 0 bridgehead atoms. The third-order valence-electron chi connectivity index (χ3n) is 6.89. The molecule has 0 N–H and O–H groups in total. The maximum Gasteiger partial charge on any atom is 0.0572 e. The fourth-order valence-electron chi connectivity index (χ4n) is 4.58. The standard InChI is InChI=1S/C30H56O2S/c1-5-9-11-13-15-21-29(7-3)31-23-17-19-27-25-33-26-28(27)20-18-24-32-30(8-4)22-16-14-12-10-6-2/h25-26,29-30H,5-24H2,1-4H3. The zero-order chi connectivity index (χ0) is 24.0. The summed E-state index contributed by atoms with van der Waals surface area (Å²) < 4.78 is 12.4. The minimum absolute atomic E-state index is 0.462. The summed E-state index contributed by atoms with van der Waals surface area (Å²) >= 11 is 1.86. The van der Waals surface area contributed by atoms with E-state index < -0.39 is 0 Å². The van der Waals surface area contributed by atoms with Crippen molar-refractivity contribution in [2.24, 2.45) is 0 Å². The maximum atomic E-state index is 6.21. The quantitative estimate of drug-likeness (QED) is 0.137. The Morgan fingerprint density at radius 3 is 1.39 bits per heavy atom. The Balaban J connectivity index is 2.16. The van der Waals surface area contributed by atoms with Crippen molar-refractivity contribution in [3.05, 3.63) is 21.9 Å². The molecule has 0 aliphatic heterocycles. The molecule has 0 saturated carbocycles. The Labute approximate surface area is 211 Å². The molecule has 1 aromatic heterocycles. The Kier molecular flexibility index (Phi) is 20.5. The van der Waals surface area contributed by atoms with Crippen LogP contribution in [0.25, 0.3) is 0 Å². The van der Waals surface area contributed by atoms with Crippen molar-refractivity contribution in [1.82, 2.24) is 0 Å². The van der Waals surface area contributed by atoms with Crippen molar-refractivity contribution >= 4 is 11.3 Å². The van der Waals surface area contributed by atoms with Crippen LogP contribution in [0, 0.1) is 0 Å². The van der Waals surface area contributed by atoms with E-state index in [-0.39, 0.29) is 0 Å². The van der Waals surface area contributed by atoms with Crippen LogP contribution in [-0.2, 0) is 22.3 Å². The molecule has 0 aromatic carbocycles. The van der Waals surface area contributed by atoms with Crippen LogP contribution in [0.1, 0.15) is 142 Å². The predicted molar refractivity (Wildman–Crippen MR) is 148 cm³/mol. The molecular formula is C30H56O2S. The van der Waals surface area contributed by atoms with Gasteiger partial charge in [0.2, 0.25) is 0 Å². The topological polar surface area (TPSA) is 18.5 Å². The highest BCUT2D eigenvalue weighted by Crippen LogP contribution is 2.20. The van der Waals surface area contributed by atoms with E-state index in [9.17, 15) is 0 Å². The zero-order valence-corrected chi connectivity index (χ0v) is 23.5. The minimum Gasteiger partial charge on any atom is -0.378 e. The average Bonchev–Trinajstić information content (AvgIpc) is 3.28. The van der Waals surface area contributed by atoms with E-state index in [1.54, 1.807) is 11.1 Å². The molecule has 0 radical (unpaired) electrons. The third-order valence-corrected chi connectivity index (χ3v) is 7.73. The molecule has 2 unspecified atom stereocenters. The van der Waals surface area contributed by atoms with Gasteiger partial charge in [-0.2, -0.15) is 11.3 Å². The molecule has 1 heterocycles. The lowest BCUT2D eigenvalue weighted by Gasteiger charge is -2.16. The van der Waals surface area contributed by atoms with E-state index in [4.69, 9.17) is 9.47 Å². The largest absolute Gasteiger partial charge is 0.378 e. The number of hydrogen-bond donors (Lipinski definition) is 0. The summed E-state index contributed by atoms with van der Waals surface area (Å²) in [4.78, 5) is 0. The summed E-state index contributed by atoms with van der Waals surface area (Å²) in [5.41, 5.74) is 3.08.